The van der Waals surface area contributed by atoms with E-state index in [-0.39, 0.29) is 21.3 Å². The van der Waals surface area contributed by atoms with Gasteiger partial charge in [0, 0.05) is 11.8 Å². The first-order valence-electron chi connectivity index (χ1n) is 8.64. The van der Waals surface area contributed by atoms with Crippen LogP contribution in [0.2, 0.25) is 0 Å². The van der Waals surface area contributed by atoms with Crippen molar-refractivity contribution in [2.24, 2.45) is 0 Å². The Bertz CT molecular complexity index is 1100. The van der Waals surface area contributed by atoms with Crippen molar-refractivity contribution >= 4 is 22.0 Å². The molecule has 0 aliphatic rings. The molecule has 1 heterocycles. The van der Waals surface area contributed by atoms with Gasteiger partial charge in [0.15, 0.2) is 5.03 Å². The fourth-order valence-corrected chi connectivity index (χ4v) is 4.23. The highest BCUT2D eigenvalue weighted by Gasteiger charge is 2.29. The van der Waals surface area contributed by atoms with Gasteiger partial charge in [0.05, 0.1) is 10.5 Å². The lowest BCUT2D eigenvalue weighted by atomic mass is 10.0. The van der Waals surface area contributed by atoms with Gasteiger partial charge < -0.3 is 5.11 Å². The molecule has 0 radical (unpaired) electrons. The summed E-state index contributed by atoms with van der Waals surface area (Å²) in [7, 11) is -3.88. The Morgan fingerprint density at radius 1 is 0.929 bits per heavy atom. The van der Waals surface area contributed by atoms with Crippen LogP contribution in [0.4, 0.5) is 4.39 Å². The Kier molecular flexibility index (Phi) is 5.45. The molecule has 3 rings (SSSR count). The van der Waals surface area contributed by atoms with Gasteiger partial charge in [-0.1, -0.05) is 42.5 Å². The average Bonchev–Trinajstić information content (AvgIpc) is 2.67. The maximum atomic E-state index is 13.0. The van der Waals surface area contributed by atoms with Crippen molar-refractivity contribution < 1.29 is 17.9 Å². The second-order valence-electron chi connectivity index (χ2n) is 6.87. The fourth-order valence-electron chi connectivity index (χ4n) is 2.71. The van der Waals surface area contributed by atoms with E-state index in [0.717, 1.165) is 11.1 Å². The van der Waals surface area contributed by atoms with Crippen LogP contribution in [0.15, 0.2) is 76.8 Å². The minimum atomic E-state index is -3.88. The molecule has 0 fully saturated rings. The first-order chi connectivity index (χ1) is 13.2. The SMILES string of the molecule is CC(C)(O)c1cccnc1S(=O)(=O)c1ccc(C=Cc2ccc(F)cc2)cc1. The molecule has 0 unspecified atom stereocenters. The highest BCUT2D eigenvalue weighted by atomic mass is 32.2. The minimum Gasteiger partial charge on any atom is -0.386 e. The number of benzene rings is 2. The van der Waals surface area contributed by atoms with Crippen molar-refractivity contribution in [2.45, 2.75) is 29.4 Å². The zero-order valence-electron chi connectivity index (χ0n) is 15.5. The zero-order valence-corrected chi connectivity index (χ0v) is 16.3. The second kappa shape index (κ2) is 7.66. The largest absolute Gasteiger partial charge is 0.386 e. The van der Waals surface area contributed by atoms with Crippen LogP contribution in [-0.4, -0.2) is 18.5 Å². The Morgan fingerprint density at radius 2 is 1.46 bits per heavy atom. The molecule has 0 saturated carbocycles. The number of pyridine rings is 1. The summed E-state index contributed by atoms with van der Waals surface area (Å²) in [5, 5.41) is 10.1. The van der Waals surface area contributed by atoms with Crippen LogP contribution in [0.25, 0.3) is 12.2 Å². The molecule has 144 valence electrons. The molecule has 0 aliphatic carbocycles. The predicted octanol–water partition coefficient (Wildman–Crippen LogP) is 4.45. The van der Waals surface area contributed by atoms with Gasteiger partial charge in [0.2, 0.25) is 9.84 Å². The maximum absolute atomic E-state index is 13.0. The molecule has 2 aromatic carbocycles. The molecule has 4 nitrogen and oxygen atoms in total. The summed E-state index contributed by atoms with van der Waals surface area (Å²) in [5.41, 5.74) is 0.540. The number of hydrogen-bond acceptors (Lipinski definition) is 4. The normalized spacial score (nSPS) is 12.4. The molecular formula is C22H20FNO3S. The van der Waals surface area contributed by atoms with Gasteiger partial charge in [0.1, 0.15) is 5.82 Å². The van der Waals surface area contributed by atoms with Crippen LogP contribution in [0.1, 0.15) is 30.5 Å². The molecule has 0 bridgehead atoms. The van der Waals surface area contributed by atoms with Crippen molar-refractivity contribution in [3.05, 3.63) is 89.4 Å². The van der Waals surface area contributed by atoms with Gasteiger partial charge in [-0.3, -0.25) is 0 Å². The zero-order chi connectivity index (χ0) is 20.4. The van der Waals surface area contributed by atoms with Gasteiger partial charge in [0.25, 0.3) is 0 Å². The van der Waals surface area contributed by atoms with Gasteiger partial charge >= 0.3 is 0 Å². The van der Waals surface area contributed by atoms with E-state index in [4.69, 9.17) is 0 Å². The second-order valence-corrected chi connectivity index (χ2v) is 8.74. The topological polar surface area (TPSA) is 67.3 Å². The van der Waals surface area contributed by atoms with Crippen LogP contribution in [-0.2, 0) is 15.4 Å². The first-order valence-corrected chi connectivity index (χ1v) is 10.1. The standard InChI is InChI=1S/C22H20FNO3S/c1-22(2,25)20-4-3-15-24-21(20)28(26,27)19-13-9-17(10-14-19)6-5-16-7-11-18(23)12-8-16/h3-15,25H,1-2H3. The van der Waals surface area contributed by atoms with Gasteiger partial charge in [-0.25, -0.2) is 17.8 Å². The summed E-state index contributed by atoms with van der Waals surface area (Å²) in [6, 6.07) is 15.6. The first kappa shape index (κ1) is 19.9. The van der Waals surface area contributed by atoms with E-state index in [9.17, 15) is 17.9 Å². The molecule has 0 saturated heterocycles. The van der Waals surface area contributed by atoms with Gasteiger partial charge in [-0.2, -0.15) is 0 Å². The fraction of sp³-hybridized carbons (Fsp3) is 0.136. The molecule has 28 heavy (non-hydrogen) atoms. The van der Waals surface area contributed by atoms with Crippen molar-refractivity contribution in [1.29, 1.82) is 0 Å². The van der Waals surface area contributed by atoms with E-state index in [0.29, 0.717) is 0 Å². The van der Waals surface area contributed by atoms with E-state index in [1.807, 2.05) is 12.2 Å². The monoisotopic (exact) mass is 397 g/mol. The lowest BCUT2D eigenvalue weighted by Crippen LogP contribution is -2.21. The highest BCUT2D eigenvalue weighted by molar-refractivity contribution is 7.91. The Labute approximate surface area is 163 Å². The number of aliphatic hydroxyl groups is 1. The molecule has 1 aromatic heterocycles. The van der Waals surface area contributed by atoms with E-state index < -0.39 is 15.4 Å². The summed E-state index contributed by atoms with van der Waals surface area (Å²) < 4.78 is 38.9. The van der Waals surface area contributed by atoms with Crippen molar-refractivity contribution in [3.8, 4) is 0 Å². The van der Waals surface area contributed by atoms with Gasteiger partial charge in [-0.05, 0) is 55.3 Å². The molecule has 0 aliphatic heterocycles. The van der Waals surface area contributed by atoms with Crippen molar-refractivity contribution in [3.63, 3.8) is 0 Å². The predicted molar refractivity (Wildman–Crippen MR) is 107 cm³/mol. The van der Waals surface area contributed by atoms with Crippen LogP contribution < -0.4 is 0 Å². The van der Waals surface area contributed by atoms with Crippen LogP contribution in [0, 0.1) is 5.82 Å². The Morgan fingerprint density at radius 3 is 2.00 bits per heavy atom. The number of nitrogens with zero attached hydrogens (tertiary/aromatic N) is 1. The third-order valence-electron chi connectivity index (χ3n) is 4.21. The summed E-state index contributed by atoms with van der Waals surface area (Å²) >= 11 is 0. The average molecular weight is 397 g/mol. The van der Waals surface area contributed by atoms with Crippen LogP contribution >= 0.6 is 0 Å². The summed E-state index contributed by atoms with van der Waals surface area (Å²) in [4.78, 5) is 4.10. The lowest BCUT2D eigenvalue weighted by molar-refractivity contribution is 0.0747. The van der Waals surface area contributed by atoms with E-state index in [1.165, 1.54) is 44.3 Å². The molecule has 0 amide bonds. The molecule has 6 heteroatoms. The van der Waals surface area contributed by atoms with Crippen LogP contribution in [0.5, 0.6) is 0 Å². The third kappa shape index (κ3) is 4.35. The number of halogens is 1. The molecular weight excluding hydrogens is 377 g/mol. The summed E-state index contributed by atoms with van der Waals surface area (Å²) in [6.45, 7) is 3.04. The van der Waals surface area contributed by atoms with E-state index in [2.05, 4.69) is 4.98 Å². The highest BCUT2D eigenvalue weighted by Crippen LogP contribution is 2.29. The molecule has 0 atom stereocenters. The number of sulfone groups is 1. The lowest BCUT2D eigenvalue weighted by Gasteiger charge is -2.20. The smallest absolute Gasteiger partial charge is 0.224 e. The van der Waals surface area contributed by atoms with Crippen LogP contribution in [0.3, 0.4) is 0 Å². The van der Waals surface area contributed by atoms with Crippen molar-refractivity contribution in [2.75, 3.05) is 0 Å². The van der Waals surface area contributed by atoms with Crippen molar-refractivity contribution in [1.82, 2.24) is 4.98 Å². The summed E-state index contributed by atoms with van der Waals surface area (Å²) in [5.74, 6) is -0.299. The quantitative estimate of drug-likeness (QED) is 0.646. The Hall–Kier alpha value is -2.83. The molecule has 1 N–H and O–H groups in total. The number of rotatable bonds is 5. The summed E-state index contributed by atoms with van der Waals surface area (Å²) in [6.07, 6.45) is 5.02. The minimum absolute atomic E-state index is 0.0932. The maximum Gasteiger partial charge on any atom is 0.224 e. The number of hydrogen-bond donors (Lipinski definition) is 1. The molecule has 0 spiro atoms. The third-order valence-corrected chi connectivity index (χ3v) is 5.94. The van der Waals surface area contributed by atoms with E-state index >= 15 is 0 Å². The van der Waals surface area contributed by atoms with E-state index in [1.54, 1.807) is 36.4 Å². The van der Waals surface area contributed by atoms with Gasteiger partial charge in [-0.15, -0.1) is 0 Å². The molecule has 3 aromatic rings. The Balaban J connectivity index is 1.90. The number of aromatic nitrogens is 1.